The molecule has 1 saturated heterocycles. The molecule has 1 aromatic heterocycles. The molecule has 10 heteroatoms. The number of esters is 1. The van der Waals surface area contributed by atoms with Crippen molar-refractivity contribution in [1.82, 2.24) is 14.7 Å². The highest BCUT2D eigenvalue weighted by molar-refractivity contribution is 5.95. The number of carbonyl (C=O) groups is 3. The fraction of sp³-hybridized carbons (Fsp3) is 0.561. The molecule has 3 saturated carbocycles. The van der Waals surface area contributed by atoms with Crippen LogP contribution in [-0.4, -0.2) is 72.6 Å². The minimum Gasteiger partial charge on any atom is -0.496 e. The Kier molecular flexibility index (Phi) is 10.7. The van der Waals surface area contributed by atoms with Gasteiger partial charge in [0, 0.05) is 48.9 Å². The summed E-state index contributed by atoms with van der Waals surface area (Å²) in [5.74, 6) is 1.80. The van der Waals surface area contributed by atoms with Crippen molar-refractivity contribution in [3.63, 3.8) is 0 Å². The van der Waals surface area contributed by atoms with Crippen LogP contribution in [0, 0.1) is 24.7 Å². The topological polar surface area (TPSA) is 103 Å². The van der Waals surface area contributed by atoms with E-state index >= 15 is 0 Å². The average Bonchev–Trinajstić information content (AvgIpc) is 3.87. The van der Waals surface area contributed by atoms with E-state index in [1.807, 2.05) is 6.20 Å². The van der Waals surface area contributed by atoms with E-state index in [0.717, 1.165) is 48.2 Å². The Bertz CT molecular complexity index is 1700. The van der Waals surface area contributed by atoms with Gasteiger partial charge in [-0.1, -0.05) is 24.3 Å². The minimum atomic E-state index is -0.324. The van der Waals surface area contributed by atoms with E-state index in [1.54, 1.807) is 12.0 Å². The SMILES string of the molecule is COC(=O)CC1CN(C(=O)O[C@H]2CC[C@H](C(=O)N(C[C@H]3CC[C@H](c4ccc(OC)c(C)c4)CC3)c3cccc(-c4cnn(C5CC5)c4)c3)CC2)C1. The van der Waals surface area contributed by atoms with E-state index in [0.29, 0.717) is 69.6 Å². The predicted molar refractivity (Wildman–Crippen MR) is 195 cm³/mol. The van der Waals surface area contributed by atoms with Gasteiger partial charge < -0.3 is 24.0 Å². The normalized spacial score (nSPS) is 23.6. The van der Waals surface area contributed by atoms with Gasteiger partial charge in [0.15, 0.2) is 0 Å². The van der Waals surface area contributed by atoms with Crippen molar-refractivity contribution >= 4 is 23.7 Å². The lowest BCUT2D eigenvalue weighted by atomic mass is 9.78. The molecule has 0 bridgehead atoms. The monoisotopic (exact) mass is 696 g/mol. The van der Waals surface area contributed by atoms with Crippen molar-refractivity contribution in [2.24, 2.45) is 17.8 Å². The number of aromatic nitrogens is 2. The van der Waals surface area contributed by atoms with Gasteiger partial charge in [0.2, 0.25) is 5.91 Å². The molecule has 0 unspecified atom stereocenters. The maximum atomic E-state index is 14.5. The molecule has 272 valence electrons. The molecule has 2 heterocycles. The molecule has 0 atom stereocenters. The fourth-order valence-electron chi connectivity index (χ4n) is 8.33. The van der Waals surface area contributed by atoms with Gasteiger partial charge in [-0.3, -0.25) is 14.3 Å². The second-order valence-electron chi connectivity index (χ2n) is 15.3. The number of methoxy groups -OCH3 is 2. The number of carbonyl (C=O) groups excluding carboxylic acids is 3. The van der Waals surface area contributed by atoms with Gasteiger partial charge >= 0.3 is 12.1 Å². The van der Waals surface area contributed by atoms with Crippen molar-refractivity contribution in [2.75, 3.05) is 38.8 Å². The van der Waals surface area contributed by atoms with Crippen molar-refractivity contribution in [2.45, 2.75) is 95.6 Å². The Morgan fingerprint density at radius 3 is 2.31 bits per heavy atom. The van der Waals surface area contributed by atoms with Crippen LogP contribution in [0.15, 0.2) is 54.9 Å². The quantitative estimate of drug-likeness (QED) is 0.189. The summed E-state index contributed by atoms with van der Waals surface area (Å²) in [7, 11) is 3.10. The van der Waals surface area contributed by atoms with E-state index in [9.17, 15) is 14.4 Å². The number of hydrogen-bond acceptors (Lipinski definition) is 7. The third-order valence-electron chi connectivity index (χ3n) is 11.6. The van der Waals surface area contributed by atoms with Gasteiger partial charge in [-0.05, 0) is 118 Å². The highest BCUT2D eigenvalue weighted by Crippen LogP contribution is 2.40. The Hall–Kier alpha value is -4.34. The van der Waals surface area contributed by atoms with Gasteiger partial charge in [0.05, 0.1) is 32.9 Å². The molecule has 0 spiro atoms. The first-order chi connectivity index (χ1) is 24.8. The van der Waals surface area contributed by atoms with Gasteiger partial charge in [-0.25, -0.2) is 4.79 Å². The zero-order chi connectivity index (χ0) is 35.5. The van der Waals surface area contributed by atoms with Crippen LogP contribution in [0.4, 0.5) is 10.5 Å². The smallest absolute Gasteiger partial charge is 0.410 e. The first kappa shape index (κ1) is 35.1. The van der Waals surface area contributed by atoms with Gasteiger partial charge in [-0.15, -0.1) is 0 Å². The van der Waals surface area contributed by atoms with Crippen molar-refractivity contribution in [3.8, 4) is 16.9 Å². The summed E-state index contributed by atoms with van der Waals surface area (Å²) in [4.78, 5) is 42.5. The van der Waals surface area contributed by atoms with E-state index < -0.39 is 0 Å². The molecule has 2 aromatic carbocycles. The number of aryl methyl sites for hydroxylation is 1. The summed E-state index contributed by atoms with van der Waals surface area (Å²) in [5, 5.41) is 4.62. The predicted octanol–water partition coefficient (Wildman–Crippen LogP) is 7.70. The Morgan fingerprint density at radius 1 is 0.863 bits per heavy atom. The van der Waals surface area contributed by atoms with Crippen LogP contribution in [0.2, 0.25) is 0 Å². The summed E-state index contributed by atoms with van der Waals surface area (Å²) in [6.45, 7) is 3.84. The number of nitrogens with zero attached hydrogens (tertiary/aromatic N) is 4. The second-order valence-corrected chi connectivity index (χ2v) is 15.3. The summed E-state index contributed by atoms with van der Waals surface area (Å²) in [5.41, 5.74) is 5.65. The van der Waals surface area contributed by atoms with E-state index in [1.165, 1.54) is 31.1 Å². The van der Waals surface area contributed by atoms with Crippen LogP contribution < -0.4 is 9.64 Å². The van der Waals surface area contributed by atoms with Gasteiger partial charge in [0.25, 0.3) is 0 Å². The molecule has 1 aliphatic heterocycles. The highest BCUT2D eigenvalue weighted by Gasteiger charge is 2.37. The molecule has 0 radical (unpaired) electrons. The first-order valence-electron chi connectivity index (χ1n) is 18.9. The molecule has 2 amide bonds. The summed E-state index contributed by atoms with van der Waals surface area (Å²) in [6, 6.07) is 15.5. The van der Waals surface area contributed by atoms with E-state index in [-0.39, 0.29) is 35.9 Å². The molecular weight excluding hydrogens is 644 g/mol. The molecular formula is C41H52N4O6. The number of likely N-dealkylation sites (tertiary alicyclic amines) is 1. The fourth-order valence-corrected chi connectivity index (χ4v) is 8.33. The van der Waals surface area contributed by atoms with Crippen LogP contribution in [-0.2, 0) is 19.1 Å². The van der Waals surface area contributed by atoms with Gasteiger partial charge in [-0.2, -0.15) is 5.10 Å². The number of ether oxygens (including phenoxy) is 3. The van der Waals surface area contributed by atoms with Crippen molar-refractivity contribution in [3.05, 3.63) is 66.0 Å². The maximum absolute atomic E-state index is 14.5. The van der Waals surface area contributed by atoms with E-state index in [2.05, 4.69) is 70.3 Å². The third kappa shape index (κ3) is 8.26. The largest absolute Gasteiger partial charge is 0.496 e. The third-order valence-corrected chi connectivity index (χ3v) is 11.6. The zero-order valence-corrected chi connectivity index (χ0v) is 30.3. The lowest BCUT2D eigenvalue weighted by Gasteiger charge is -2.39. The number of rotatable bonds is 11. The molecule has 4 fully saturated rings. The Labute approximate surface area is 301 Å². The Morgan fingerprint density at radius 2 is 1.63 bits per heavy atom. The van der Waals surface area contributed by atoms with Gasteiger partial charge in [0.1, 0.15) is 11.9 Å². The molecule has 0 N–H and O–H groups in total. The van der Waals surface area contributed by atoms with Crippen molar-refractivity contribution in [1.29, 1.82) is 0 Å². The maximum Gasteiger partial charge on any atom is 0.410 e. The highest BCUT2D eigenvalue weighted by atomic mass is 16.6. The van der Waals surface area contributed by atoms with Crippen molar-refractivity contribution < 1.29 is 28.6 Å². The first-order valence-corrected chi connectivity index (χ1v) is 18.9. The molecule has 51 heavy (non-hydrogen) atoms. The molecule has 4 aliphatic rings. The summed E-state index contributed by atoms with van der Waals surface area (Å²) < 4.78 is 18.2. The van der Waals surface area contributed by atoms with Crippen LogP contribution in [0.1, 0.15) is 93.7 Å². The lowest BCUT2D eigenvalue weighted by Crippen LogP contribution is -2.51. The van der Waals surface area contributed by atoms with Crippen LogP contribution in [0.5, 0.6) is 5.75 Å². The van der Waals surface area contributed by atoms with E-state index in [4.69, 9.17) is 14.2 Å². The molecule has 3 aliphatic carbocycles. The summed E-state index contributed by atoms with van der Waals surface area (Å²) in [6.07, 6.45) is 13.3. The van der Waals surface area contributed by atoms with Crippen LogP contribution in [0.25, 0.3) is 11.1 Å². The molecule has 7 rings (SSSR count). The summed E-state index contributed by atoms with van der Waals surface area (Å²) >= 11 is 0. The zero-order valence-electron chi connectivity index (χ0n) is 30.3. The second kappa shape index (κ2) is 15.5. The standard InChI is InChI=1S/C41H52N4O6/c1-27-19-33(13-18-38(27)49-2)30-9-7-28(8-10-30)25-44(36-6-4-5-32(21-36)34-22-42-45(26-34)35-14-15-35)40(47)31-11-16-37(17-12-31)51-41(48)43-23-29(24-43)20-39(46)50-3/h4-6,13,18-19,21-22,26,28-31,35,37H,7-12,14-17,20,23-25H2,1-3H3/t28-,30-,31-,37-. The minimum absolute atomic E-state index is 0.117. The van der Waals surface area contributed by atoms with Crippen LogP contribution >= 0.6 is 0 Å². The molecule has 10 nitrogen and oxygen atoms in total. The lowest BCUT2D eigenvalue weighted by molar-refractivity contribution is -0.143. The number of amides is 2. The average molecular weight is 697 g/mol. The number of hydrogen-bond donors (Lipinski definition) is 0. The number of anilines is 1. The molecule has 3 aromatic rings. The number of benzene rings is 2. The van der Waals surface area contributed by atoms with Crippen LogP contribution in [0.3, 0.4) is 0 Å². The Balaban J connectivity index is 0.999.